The molecule has 0 N–H and O–H groups in total. The van der Waals surface area contributed by atoms with Crippen molar-refractivity contribution in [3.63, 3.8) is 0 Å². The van der Waals surface area contributed by atoms with Gasteiger partial charge in [-0.25, -0.2) is 4.98 Å². The molecule has 9 rings (SSSR count). The number of hydrogen-bond acceptors (Lipinski definition) is 3. The number of rotatable bonds is 7. The minimum absolute atomic E-state index is 0. The molecule has 5 nitrogen and oxygen atoms in total. The van der Waals surface area contributed by atoms with Crippen molar-refractivity contribution in [2.45, 2.75) is 40.0 Å². The fourth-order valence-corrected chi connectivity index (χ4v) is 7.43. The van der Waals surface area contributed by atoms with Gasteiger partial charge in [0.05, 0.1) is 5.69 Å². The fourth-order valence-electron chi connectivity index (χ4n) is 7.43. The van der Waals surface area contributed by atoms with Crippen molar-refractivity contribution in [2.24, 2.45) is 0 Å². The van der Waals surface area contributed by atoms with Crippen LogP contribution in [0, 0.1) is 26.0 Å². The van der Waals surface area contributed by atoms with Crippen LogP contribution in [0.5, 0.6) is 11.5 Å². The first-order valence-corrected chi connectivity index (χ1v) is 18.7. The Morgan fingerprint density at radius 3 is 2.02 bits per heavy atom. The molecular weight excluding hydrogens is 868 g/mol. The van der Waals surface area contributed by atoms with Gasteiger partial charge in [0.15, 0.2) is 0 Å². The third-order valence-electron chi connectivity index (χ3n) is 10.1. The van der Waals surface area contributed by atoms with E-state index in [4.69, 9.17) is 14.8 Å². The van der Waals surface area contributed by atoms with E-state index < -0.39 is 0 Å². The first-order valence-electron chi connectivity index (χ1n) is 18.7. The Morgan fingerprint density at radius 1 is 0.607 bits per heavy atom. The molecule has 0 aliphatic rings. The molecule has 6 aromatic carbocycles. The number of aryl methyl sites for hydroxylation is 2. The number of aromatic nitrogens is 4. The summed E-state index contributed by atoms with van der Waals surface area (Å²) >= 11 is 0. The van der Waals surface area contributed by atoms with Crippen LogP contribution in [0.4, 0.5) is 0 Å². The quantitative estimate of drug-likeness (QED) is 0.150. The molecule has 0 aliphatic carbocycles. The normalized spacial score (nSPS) is 11.5. The molecule has 3 aromatic heterocycles. The summed E-state index contributed by atoms with van der Waals surface area (Å²) in [5.74, 6) is 2.01. The molecular formula is C50H40N4OPt. The van der Waals surface area contributed by atoms with Gasteiger partial charge in [-0.05, 0) is 58.3 Å². The molecule has 3 heterocycles. The zero-order valence-electron chi connectivity index (χ0n) is 31.9. The van der Waals surface area contributed by atoms with Gasteiger partial charge < -0.3 is 9.30 Å². The van der Waals surface area contributed by atoms with Crippen molar-refractivity contribution in [3.8, 4) is 56.6 Å². The number of hydrogen-bond donors (Lipinski definition) is 0. The molecule has 0 spiro atoms. The van der Waals surface area contributed by atoms with E-state index in [1.54, 1.807) is 0 Å². The van der Waals surface area contributed by atoms with Gasteiger partial charge in [0.2, 0.25) is 0 Å². The first-order chi connectivity index (χ1) is 26.7. The van der Waals surface area contributed by atoms with E-state index >= 15 is 0 Å². The van der Waals surface area contributed by atoms with Crippen molar-refractivity contribution in [1.29, 1.82) is 0 Å². The fraction of sp³-hybridized carbons (Fsp3) is 0.120. The predicted octanol–water partition coefficient (Wildman–Crippen LogP) is 12.7. The van der Waals surface area contributed by atoms with Gasteiger partial charge in [-0.1, -0.05) is 136 Å². The number of pyridine rings is 1. The summed E-state index contributed by atoms with van der Waals surface area (Å²) in [7, 11) is 0. The molecule has 0 amide bonds. The zero-order chi connectivity index (χ0) is 37.7. The van der Waals surface area contributed by atoms with Crippen LogP contribution in [0.25, 0.3) is 67.0 Å². The van der Waals surface area contributed by atoms with Gasteiger partial charge in [-0.3, -0.25) is 4.68 Å². The van der Waals surface area contributed by atoms with Crippen molar-refractivity contribution >= 4 is 21.8 Å². The molecule has 0 atom stereocenters. The number of benzene rings is 6. The average Bonchev–Trinajstić information content (AvgIpc) is 3.75. The van der Waals surface area contributed by atoms with Gasteiger partial charge in [-0.2, -0.15) is 16.7 Å². The summed E-state index contributed by atoms with van der Waals surface area (Å²) in [5.41, 5.74) is 12.4. The molecule has 0 fully saturated rings. The maximum Gasteiger partial charge on any atom is 2.00 e. The number of para-hydroxylation sites is 1. The van der Waals surface area contributed by atoms with Gasteiger partial charge in [0.25, 0.3) is 0 Å². The van der Waals surface area contributed by atoms with Crippen molar-refractivity contribution in [3.05, 3.63) is 181 Å². The Morgan fingerprint density at radius 2 is 1.30 bits per heavy atom. The second-order valence-electron chi connectivity index (χ2n) is 15.2. The van der Waals surface area contributed by atoms with Crippen LogP contribution < -0.4 is 4.74 Å². The first kappa shape index (κ1) is 36.9. The minimum Gasteiger partial charge on any atom is -0.509 e. The smallest absolute Gasteiger partial charge is 0.509 e. The molecule has 0 unspecified atom stereocenters. The summed E-state index contributed by atoms with van der Waals surface area (Å²) in [6.07, 6.45) is 1.85. The Bertz CT molecular complexity index is 2830. The van der Waals surface area contributed by atoms with Crippen LogP contribution in [0.15, 0.2) is 152 Å². The van der Waals surface area contributed by atoms with Crippen LogP contribution in [0.1, 0.15) is 37.5 Å². The predicted molar refractivity (Wildman–Crippen MR) is 224 cm³/mol. The Hall–Kier alpha value is -6.03. The number of ether oxygens (including phenoxy) is 1. The van der Waals surface area contributed by atoms with E-state index in [0.29, 0.717) is 11.5 Å². The summed E-state index contributed by atoms with van der Waals surface area (Å²) in [5, 5.41) is 7.61. The third-order valence-corrected chi connectivity index (χ3v) is 10.1. The van der Waals surface area contributed by atoms with E-state index in [1.807, 2.05) is 41.2 Å². The molecule has 6 heteroatoms. The van der Waals surface area contributed by atoms with E-state index in [2.05, 4.69) is 167 Å². The molecule has 0 radical (unpaired) electrons. The molecule has 276 valence electrons. The zero-order valence-corrected chi connectivity index (χ0v) is 34.2. The van der Waals surface area contributed by atoms with Gasteiger partial charge in [0.1, 0.15) is 11.5 Å². The maximum absolute atomic E-state index is 6.65. The molecule has 9 aromatic rings. The maximum atomic E-state index is 6.65. The van der Waals surface area contributed by atoms with E-state index in [1.165, 1.54) is 5.56 Å². The van der Waals surface area contributed by atoms with Crippen LogP contribution in [-0.2, 0) is 26.5 Å². The molecule has 0 aliphatic heterocycles. The minimum atomic E-state index is 0. The largest absolute Gasteiger partial charge is 2.00 e. The Balaban J connectivity index is 0.00000441. The van der Waals surface area contributed by atoms with E-state index in [9.17, 15) is 0 Å². The Labute approximate surface area is 342 Å². The van der Waals surface area contributed by atoms with Gasteiger partial charge >= 0.3 is 21.1 Å². The molecule has 56 heavy (non-hydrogen) atoms. The van der Waals surface area contributed by atoms with Crippen molar-refractivity contribution in [2.75, 3.05) is 0 Å². The Kier molecular flexibility index (Phi) is 9.82. The molecule has 0 saturated heterocycles. The van der Waals surface area contributed by atoms with Crippen LogP contribution in [-0.4, -0.2) is 19.3 Å². The number of fused-ring (bicyclic) bond motifs is 3. The average molecular weight is 908 g/mol. The summed E-state index contributed by atoms with van der Waals surface area (Å²) in [6.45, 7) is 10.9. The standard InChI is InChI=1S/C50H40N4O.Pt/c1-33-26-27-51-46(30-33)53-44-19-13-12-18-42(44)43-25-24-40(32-45(43)53)55-41-29-34(2)28-39(31-41)54-49(37-16-10-7-11-17-37)47(48(52-54)36-14-8-6-9-15-36)35-20-22-38(23-21-35)50(3,4)5;/h6-30H,1-5H3;/q-2;+2. The van der Waals surface area contributed by atoms with Crippen LogP contribution >= 0.6 is 0 Å². The summed E-state index contributed by atoms with van der Waals surface area (Å²) in [4.78, 5) is 4.74. The summed E-state index contributed by atoms with van der Waals surface area (Å²) in [6, 6.07) is 57.8. The summed E-state index contributed by atoms with van der Waals surface area (Å²) < 4.78 is 10.8. The van der Waals surface area contributed by atoms with Crippen molar-refractivity contribution in [1.82, 2.24) is 19.3 Å². The van der Waals surface area contributed by atoms with Crippen LogP contribution in [0.2, 0.25) is 0 Å². The number of nitrogens with zero attached hydrogens (tertiary/aromatic N) is 4. The topological polar surface area (TPSA) is 44.9 Å². The SMILES string of the molecule is Cc1cc(Oc2[c-]c3c(cc2)c2ccccc2n3-c2cc(C)ccn2)[c-]c(-n2nc(-c3ccccc3)c(-c3ccc(C(C)(C)C)cc3)c2-c2ccccc2)c1.[Pt+2]. The molecule has 0 bridgehead atoms. The second kappa shape index (κ2) is 14.9. The van der Waals surface area contributed by atoms with Crippen molar-refractivity contribution < 1.29 is 25.8 Å². The second-order valence-corrected chi connectivity index (χ2v) is 15.2. The van der Waals surface area contributed by atoms with E-state index in [-0.39, 0.29) is 26.5 Å². The van der Waals surface area contributed by atoms with Crippen LogP contribution in [0.3, 0.4) is 0 Å². The van der Waals surface area contributed by atoms with E-state index in [0.717, 1.165) is 78.1 Å². The van der Waals surface area contributed by atoms with Gasteiger partial charge in [0, 0.05) is 39.9 Å². The monoisotopic (exact) mass is 907 g/mol. The third kappa shape index (κ3) is 6.89. The molecule has 0 saturated carbocycles. The van der Waals surface area contributed by atoms with Gasteiger partial charge in [-0.15, -0.1) is 35.7 Å².